The Hall–Kier alpha value is -1.10. The zero-order valence-corrected chi connectivity index (χ0v) is 12.7. The molecule has 3 rings (SSSR count). The van der Waals surface area contributed by atoms with E-state index in [9.17, 15) is 0 Å². The lowest BCUT2D eigenvalue weighted by Gasteiger charge is -2.24. The monoisotopic (exact) mass is 293 g/mol. The zero-order chi connectivity index (χ0) is 14.1. The summed E-state index contributed by atoms with van der Waals surface area (Å²) in [5.41, 5.74) is 1.99. The highest BCUT2D eigenvalue weighted by Gasteiger charge is 2.21. The van der Waals surface area contributed by atoms with Crippen molar-refractivity contribution in [2.75, 3.05) is 19.7 Å². The van der Waals surface area contributed by atoms with E-state index in [1.54, 1.807) is 0 Å². The summed E-state index contributed by atoms with van der Waals surface area (Å²) < 4.78 is 8.03. The van der Waals surface area contributed by atoms with Crippen LogP contribution in [0, 0.1) is 0 Å². The van der Waals surface area contributed by atoms with Crippen molar-refractivity contribution in [1.82, 2.24) is 14.9 Å². The second kappa shape index (κ2) is 5.72. The second-order valence-electron chi connectivity index (χ2n) is 5.50. The van der Waals surface area contributed by atoms with Crippen molar-refractivity contribution in [3.63, 3.8) is 0 Å². The molecule has 1 saturated heterocycles. The van der Waals surface area contributed by atoms with Gasteiger partial charge in [-0.3, -0.25) is 0 Å². The molecule has 1 unspecified atom stereocenters. The molecule has 2 heterocycles. The van der Waals surface area contributed by atoms with E-state index in [-0.39, 0.29) is 6.10 Å². The van der Waals surface area contributed by atoms with E-state index in [1.807, 2.05) is 18.2 Å². The fourth-order valence-electron chi connectivity index (χ4n) is 2.81. The Kier molecular flexibility index (Phi) is 3.96. The number of halogens is 1. The lowest BCUT2D eigenvalue weighted by molar-refractivity contribution is 0.0275. The Morgan fingerprint density at radius 3 is 3.05 bits per heavy atom. The molecule has 0 amide bonds. The van der Waals surface area contributed by atoms with Crippen molar-refractivity contribution >= 4 is 22.6 Å². The quantitative estimate of drug-likeness (QED) is 0.946. The van der Waals surface area contributed by atoms with Crippen LogP contribution in [0.2, 0.25) is 5.02 Å². The van der Waals surface area contributed by atoms with Gasteiger partial charge >= 0.3 is 0 Å². The first-order chi connectivity index (χ1) is 9.66. The van der Waals surface area contributed by atoms with Crippen molar-refractivity contribution in [2.45, 2.75) is 32.4 Å². The van der Waals surface area contributed by atoms with Crippen LogP contribution in [-0.4, -0.2) is 35.4 Å². The minimum absolute atomic E-state index is 0.192. The third-order valence-corrected chi connectivity index (χ3v) is 3.97. The Labute approximate surface area is 124 Å². The summed E-state index contributed by atoms with van der Waals surface area (Å²) in [6, 6.07) is 6.22. The van der Waals surface area contributed by atoms with Gasteiger partial charge in [0.2, 0.25) is 0 Å². The van der Waals surface area contributed by atoms with Crippen LogP contribution in [0.15, 0.2) is 18.2 Å². The number of ether oxygens (including phenoxy) is 1. The number of aromatic nitrogens is 2. The largest absolute Gasteiger partial charge is 0.375 e. The average Bonchev–Trinajstić information content (AvgIpc) is 2.79. The number of benzene rings is 1. The lowest BCUT2D eigenvalue weighted by atomic mass is 10.2. The van der Waals surface area contributed by atoms with Crippen LogP contribution in [-0.2, 0) is 11.2 Å². The maximum atomic E-state index is 6.36. The highest BCUT2D eigenvalue weighted by Crippen LogP contribution is 2.28. The summed E-state index contributed by atoms with van der Waals surface area (Å²) in [5.74, 6) is 1.05. The smallest absolute Gasteiger partial charge is 0.112 e. The molecule has 2 aromatic rings. The highest BCUT2D eigenvalue weighted by atomic mass is 35.5. The van der Waals surface area contributed by atoms with E-state index in [0.29, 0.717) is 6.04 Å². The molecule has 1 atom stereocenters. The number of hydrogen-bond donors (Lipinski definition) is 1. The van der Waals surface area contributed by atoms with Gasteiger partial charge in [-0.25, -0.2) is 4.98 Å². The molecule has 1 fully saturated rings. The minimum atomic E-state index is 0.192. The van der Waals surface area contributed by atoms with Crippen LogP contribution < -0.4 is 5.32 Å². The van der Waals surface area contributed by atoms with Crippen LogP contribution in [0.25, 0.3) is 11.0 Å². The molecule has 0 aliphatic carbocycles. The summed E-state index contributed by atoms with van der Waals surface area (Å²) in [6.45, 7) is 6.91. The summed E-state index contributed by atoms with van der Waals surface area (Å²) in [7, 11) is 0. The van der Waals surface area contributed by atoms with E-state index in [0.717, 1.165) is 48.0 Å². The summed E-state index contributed by atoms with van der Waals surface area (Å²) in [6.07, 6.45) is 1.01. The molecule has 0 radical (unpaired) electrons. The highest BCUT2D eigenvalue weighted by molar-refractivity contribution is 6.35. The van der Waals surface area contributed by atoms with Gasteiger partial charge in [0.1, 0.15) is 5.82 Å². The van der Waals surface area contributed by atoms with Crippen molar-refractivity contribution in [1.29, 1.82) is 0 Å². The van der Waals surface area contributed by atoms with Crippen LogP contribution in [0.3, 0.4) is 0 Å². The molecule has 1 aromatic heterocycles. The number of nitrogens with one attached hydrogen (secondary N) is 1. The third kappa shape index (κ3) is 2.55. The molecular weight excluding hydrogens is 274 g/mol. The van der Waals surface area contributed by atoms with Crippen molar-refractivity contribution in [3.8, 4) is 0 Å². The first-order valence-electron chi connectivity index (χ1n) is 7.14. The zero-order valence-electron chi connectivity index (χ0n) is 11.9. The Morgan fingerprint density at radius 2 is 2.35 bits per heavy atom. The number of imidazole rings is 1. The number of hydrogen-bond acceptors (Lipinski definition) is 3. The molecule has 1 N–H and O–H groups in total. The molecule has 1 aliphatic rings. The maximum absolute atomic E-state index is 6.36. The summed E-state index contributed by atoms with van der Waals surface area (Å²) in [4.78, 5) is 4.76. The molecule has 20 heavy (non-hydrogen) atoms. The number of rotatable bonds is 3. The average molecular weight is 294 g/mol. The van der Waals surface area contributed by atoms with Crippen molar-refractivity contribution < 1.29 is 4.74 Å². The Bertz CT molecular complexity index is 602. The van der Waals surface area contributed by atoms with Gasteiger partial charge in [-0.2, -0.15) is 0 Å². The molecule has 0 saturated carbocycles. The predicted octanol–water partition coefficient (Wildman–Crippen LogP) is 2.80. The van der Waals surface area contributed by atoms with Gasteiger partial charge in [0.05, 0.1) is 28.8 Å². The van der Waals surface area contributed by atoms with Crippen LogP contribution in [0.4, 0.5) is 0 Å². The fourth-order valence-corrected chi connectivity index (χ4v) is 3.07. The van der Waals surface area contributed by atoms with Crippen LogP contribution in [0.1, 0.15) is 25.7 Å². The predicted molar refractivity (Wildman–Crippen MR) is 81.4 cm³/mol. The SMILES string of the molecule is CC(C)n1c(CC2CNCCO2)nc2cccc(Cl)c21. The van der Waals surface area contributed by atoms with E-state index in [1.165, 1.54) is 0 Å². The Morgan fingerprint density at radius 1 is 1.50 bits per heavy atom. The summed E-state index contributed by atoms with van der Waals surface area (Å²) >= 11 is 6.36. The number of morpholine rings is 1. The lowest BCUT2D eigenvalue weighted by Crippen LogP contribution is -2.40. The standard InChI is InChI=1S/C15H20ClN3O/c1-10(2)19-14(8-11-9-17-6-7-20-11)18-13-5-3-4-12(16)15(13)19/h3-5,10-11,17H,6-9H2,1-2H3. The van der Waals surface area contributed by atoms with Crippen LogP contribution >= 0.6 is 11.6 Å². The molecule has 5 heteroatoms. The Balaban J connectivity index is 2.01. The molecule has 1 aliphatic heterocycles. The topological polar surface area (TPSA) is 39.1 Å². The number of para-hydroxylation sites is 1. The van der Waals surface area contributed by atoms with Gasteiger partial charge in [0.15, 0.2) is 0 Å². The van der Waals surface area contributed by atoms with Crippen molar-refractivity contribution in [3.05, 3.63) is 29.0 Å². The van der Waals surface area contributed by atoms with Crippen molar-refractivity contribution in [2.24, 2.45) is 0 Å². The number of nitrogens with zero attached hydrogens (tertiary/aromatic N) is 2. The van der Waals surface area contributed by atoms with Gasteiger partial charge in [0.25, 0.3) is 0 Å². The van der Waals surface area contributed by atoms with E-state index in [4.69, 9.17) is 21.3 Å². The number of fused-ring (bicyclic) bond motifs is 1. The van der Waals surface area contributed by atoms with Crippen LogP contribution in [0.5, 0.6) is 0 Å². The second-order valence-corrected chi connectivity index (χ2v) is 5.91. The molecule has 4 nitrogen and oxygen atoms in total. The molecule has 0 spiro atoms. The van der Waals surface area contributed by atoms with Gasteiger partial charge in [-0.15, -0.1) is 0 Å². The third-order valence-electron chi connectivity index (χ3n) is 3.67. The first kappa shape index (κ1) is 13.9. The fraction of sp³-hybridized carbons (Fsp3) is 0.533. The van der Waals surface area contributed by atoms with E-state index in [2.05, 4.69) is 23.7 Å². The minimum Gasteiger partial charge on any atom is -0.375 e. The molecule has 1 aromatic carbocycles. The molecular formula is C15H20ClN3O. The molecule has 0 bridgehead atoms. The molecule has 108 valence electrons. The van der Waals surface area contributed by atoms with Gasteiger partial charge < -0.3 is 14.6 Å². The maximum Gasteiger partial charge on any atom is 0.112 e. The first-order valence-corrected chi connectivity index (χ1v) is 7.52. The van der Waals surface area contributed by atoms with Gasteiger partial charge in [-0.1, -0.05) is 17.7 Å². The van der Waals surface area contributed by atoms with E-state index < -0.39 is 0 Å². The van der Waals surface area contributed by atoms with Gasteiger partial charge in [-0.05, 0) is 26.0 Å². The van der Waals surface area contributed by atoms with Gasteiger partial charge in [0, 0.05) is 25.6 Å². The van der Waals surface area contributed by atoms with E-state index >= 15 is 0 Å². The summed E-state index contributed by atoms with van der Waals surface area (Å²) in [5, 5.41) is 4.12. The normalized spacial score (nSPS) is 19.9.